The maximum absolute atomic E-state index is 13.2. The number of aliphatic carboxylic acids is 1. The molecule has 0 bridgehead atoms. The number of carboxylic acid groups (broad SMARTS) is 1. The summed E-state index contributed by atoms with van der Waals surface area (Å²) in [6, 6.07) is -1.97. The Morgan fingerprint density at radius 1 is 1.24 bits per heavy atom. The third-order valence-electron chi connectivity index (χ3n) is 6.92. The van der Waals surface area contributed by atoms with Crippen molar-refractivity contribution in [3.63, 3.8) is 0 Å². The summed E-state index contributed by atoms with van der Waals surface area (Å²) in [5.74, 6) is -3.24. The van der Waals surface area contributed by atoms with Gasteiger partial charge < -0.3 is 36.5 Å². The van der Waals surface area contributed by atoms with Crippen LogP contribution in [0.3, 0.4) is 0 Å². The Morgan fingerprint density at radius 3 is 2.47 bits per heavy atom. The zero-order valence-corrected chi connectivity index (χ0v) is 23.6. The molecule has 0 saturated carbocycles. The van der Waals surface area contributed by atoms with Gasteiger partial charge in [0, 0.05) is 24.1 Å². The highest BCUT2D eigenvalue weighted by molar-refractivity contribution is 6.32. The van der Waals surface area contributed by atoms with Gasteiger partial charge >= 0.3 is 5.97 Å². The predicted molar refractivity (Wildman–Crippen MR) is 143 cm³/mol. The molecule has 1 aliphatic carbocycles. The molecule has 0 aromatic heterocycles. The number of halogens is 2. The number of hydrogen-bond donors (Lipinski definition) is 7. The third kappa shape index (κ3) is 10.8. The Kier molecular flexibility index (Phi) is 16.0. The average Bonchev–Trinajstić information content (AvgIpc) is 2.87. The lowest BCUT2D eigenvalue weighted by Gasteiger charge is -2.34. The summed E-state index contributed by atoms with van der Waals surface area (Å²) in [6.07, 6.45) is 1.03. The fourth-order valence-corrected chi connectivity index (χ4v) is 5.50. The molecule has 13 heteroatoms. The van der Waals surface area contributed by atoms with E-state index < -0.39 is 48.4 Å². The Hall–Kier alpha value is -1.76. The number of aldehydes is 1. The molecule has 1 rings (SSSR count). The van der Waals surface area contributed by atoms with E-state index in [1.807, 2.05) is 13.8 Å². The second-order valence-corrected chi connectivity index (χ2v) is 10.7. The van der Waals surface area contributed by atoms with E-state index in [4.69, 9.17) is 28.3 Å². The molecule has 0 aromatic carbocycles. The molecule has 9 N–H and O–H groups in total. The lowest BCUT2D eigenvalue weighted by molar-refractivity contribution is -0.368. The van der Waals surface area contributed by atoms with E-state index in [2.05, 4.69) is 21.7 Å². The molecule has 0 aromatic rings. The van der Waals surface area contributed by atoms with Crippen molar-refractivity contribution in [3.05, 3.63) is 10.6 Å². The first-order valence-corrected chi connectivity index (χ1v) is 13.9. The first kappa shape index (κ1) is 34.3. The Labute approximate surface area is 233 Å². The van der Waals surface area contributed by atoms with Crippen molar-refractivity contribution in [1.82, 2.24) is 16.0 Å². The van der Waals surface area contributed by atoms with Crippen LogP contribution in [0.25, 0.3) is 0 Å². The van der Waals surface area contributed by atoms with Crippen LogP contribution in [-0.2, 0) is 19.2 Å². The summed E-state index contributed by atoms with van der Waals surface area (Å²) in [5, 5.41) is 37.3. The lowest BCUT2D eigenvalue weighted by Crippen LogP contribution is -2.56. The molecule has 7 unspecified atom stereocenters. The number of amides is 2. The summed E-state index contributed by atoms with van der Waals surface area (Å²) in [7, 11) is 0. The molecular weight excluding hydrogens is 539 g/mol. The van der Waals surface area contributed by atoms with Gasteiger partial charge in [-0.25, -0.2) is 0 Å². The van der Waals surface area contributed by atoms with E-state index in [0.29, 0.717) is 50.0 Å². The van der Waals surface area contributed by atoms with Crippen molar-refractivity contribution in [2.24, 2.45) is 17.8 Å². The molecule has 38 heavy (non-hydrogen) atoms. The van der Waals surface area contributed by atoms with Gasteiger partial charge in [-0.15, -0.1) is 11.6 Å². The number of carbonyl (C=O) groups is 4. The standard InChI is InChI=1S/C25H42Cl2N4O7/c1-3-17-19(26)11-18(14(2)22(17)27)24(37)29-12-15(6-5-9-32)23(36)31-20(7-4-8-28)25(38)30-16(13-33)10-21(34)35/h13-16,18,20,22,25,30,32,38H,3-12,28H2,1-2H3,(H,29,37)(H,31,36)(H,34,35)/p+1. The van der Waals surface area contributed by atoms with E-state index >= 15 is 0 Å². The number of aliphatic hydroxyl groups is 2. The Balaban J connectivity index is 2.91. The van der Waals surface area contributed by atoms with Crippen molar-refractivity contribution in [2.75, 3.05) is 19.7 Å². The Bertz CT molecular complexity index is 830. The van der Waals surface area contributed by atoms with Crippen molar-refractivity contribution >= 4 is 47.3 Å². The first-order chi connectivity index (χ1) is 18.0. The highest BCUT2D eigenvalue weighted by atomic mass is 35.5. The zero-order valence-electron chi connectivity index (χ0n) is 22.1. The first-order valence-electron chi connectivity index (χ1n) is 13.1. The minimum absolute atomic E-state index is 0.00433. The minimum Gasteiger partial charge on any atom is -0.481 e. The second-order valence-electron chi connectivity index (χ2n) is 9.73. The molecule has 0 fully saturated rings. The molecule has 11 nitrogen and oxygen atoms in total. The molecule has 0 radical (unpaired) electrons. The van der Waals surface area contributed by atoms with Crippen LogP contribution in [0.1, 0.15) is 58.8 Å². The highest BCUT2D eigenvalue weighted by Gasteiger charge is 2.37. The van der Waals surface area contributed by atoms with Crippen LogP contribution in [0, 0.1) is 17.8 Å². The fourth-order valence-electron chi connectivity index (χ4n) is 4.56. The molecule has 0 saturated heterocycles. The van der Waals surface area contributed by atoms with Crippen LogP contribution in [0.15, 0.2) is 10.6 Å². The summed E-state index contributed by atoms with van der Waals surface area (Å²) in [6.45, 7) is 4.26. The quantitative estimate of drug-likeness (QED) is 0.0673. The van der Waals surface area contributed by atoms with E-state index in [9.17, 15) is 29.4 Å². The van der Waals surface area contributed by atoms with Gasteiger partial charge in [0.05, 0.1) is 36.3 Å². The molecule has 2 amide bonds. The number of hydrogen-bond acceptors (Lipinski definition) is 7. The van der Waals surface area contributed by atoms with Gasteiger partial charge in [0.15, 0.2) is 0 Å². The van der Waals surface area contributed by atoms with Gasteiger partial charge in [-0.05, 0) is 50.0 Å². The normalized spacial score (nSPS) is 22.8. The predicted octanol–water partition coefficient (Wildman–Crippen LogP) is 0.115. The number of rotatable bonds is 18. The monoisotopic (exact) mass is 581 g/mol. The maximum atomic E-state index is 13.2. The molecule has 0 aliphatic heterocycles. The smallest absolute Gasteiger partial charge is 0.305 e. The molecule has 0 heterocycles. The van der Waals surface area contributed by atoms with Gasteiger partial charge in [0.25, 0.3) is 0 Å². The largest absolute Gasteiger partial charge is 0.481 e. The van der Waals surface area contributed by atoms with Crippen molar-refractivity contribution in [1.29, 1.82) is 0 Å². The van der Waals surface area contributed by atoms with Crippen LogP contribution in [0.5, 0.6) is 0 Å². The van der Waals surface area contributed by atoms with Gasteiger partial charge in [-0.3, -0.25) is 19.7 Å². The number of nitrogens with one attached hydrogen (secondary N) is 3. The van der Waals surface area contributed by atoms with Crippen molar-refractivity contribution in [3.8, 4) is 0 Å². The summed E-state index contributed by atoms with van der Waals surface area (Å²) < 4.78 is 0. The van der Waals surface area contributed by atoms with E-state index in [-0.39, 0.29) is 36.8 Å². The van der Waals surface area contributed by atoms with Gasteiger partial charge in [0.2, 0.25) is 11.8 Å². The van der Waals surface area contributed by atoms with Crippen LogP contribution < -0.4 is 21.7 Å². The van der Waals surface area contributed by atoms with Crippen molar-refractivity contribution in [2.45, 2.75) is 82.5 Å². The zero-order chi connectivity index (χ0) is 28.8. The molecule has 0 spiro atoms. The maximum Gasteiger partial charge on any atom is 0.305 e. The number of alkyl halides is 1. The molecule has 7 atom stereocenters. The number of quaternary nitrogens is 1. The van der Waals surface area contributed by atoms with Crippen LogP contribution in [0.4, 0.5) is 0 Å². The number of allylic oxidation sites excluding steroid dienone is 2. The summed E-state index contributed by atoms with van der Waals surface area (Å²) in [4.78, 5) is 48.4. The van der Waals surface area contributed by atoms with Gasteiger partial charge in [-0.1, -0.05) is 25.4 Å². The van der Waals surface area contributed by atoms with E-state index in [0.717, 1.165) is 5.57 Å². The minimum atomic E-state index is -1.39. The highest BCUT2D eigenvalue weighted by Crippen LogP contribution is 2.40. The van der Waals surface area contributed by atoms with Crippen LogP contribution >= 0.6 is 23.2 Å². The van der Waals surface area contributed by atoms with Crippen LogP contribution in [0.2, 0.25) is 0 Å². The van der Waals surface area contributed by atoms with Gasteiger partial charge in [0.1, 0.15) is 12.5 Å². The third-order valence-corrected chi connectivity index (χ3v) is 7.97. The number of carbonyl (C=O) groups excluding carboxylic acids is 3. The summed E-state index contributed by atoms with van der Waals surface area (Å²) >= 11 is 12.9. The average molecular weight is 583 g/mol. The topological polar surface area (TPSA) is 193 Å². The SMILES string of the molecule is CCC1=C(Cl)CC(C(=O)NCC(CCCO)C(=O)NC(CCC[NH3+])C(O)NC(C=O)CC(=O)O)C(C)C1Cl. The summed E-state index contributed by atoms with van der Waals surface area (Å²) in [5.41, 5.74) is 4.70. The molecule has 1 aliphatic rings. The van der Waals surface area contributed by atoms with Crippen molar-refractivity contribution < 1.29 is 40.2 Å². The molecule has 218 valence electrons. The van der Waals surface area contributed by atoms with E-state index in [1.54, 1.807) is 0 Å². The second kappa shape index (κ2) is 17.8. The molecular formula is C25H43Cl2N4O7+. The van der Waals surface area contributed by atoms with Gasteiger partial charge in [-0.2, -0.15) is 0 Å². The number of carboxylic acids is 1. The van der Waals surface area contributed by atoms with Crippen LogP contribution in [-0.4, -0.2) is 82.8 Å². The Morgan fingerprint density at radius 2 is 1.92 bits per heavy atom. The lowest BCUT2D eigenvalue weighted by atomic mass is 9.79. The fraction of sp³-hybridized carbons (Fsp3) is 0.760. The van der Waals surface area contributed by atoms with E-state index in [1.165, 1.54) is 0 Å². The number of aliphatic hydroxyl groups excluding tert-OH is 2.